The van der Waals surface area contributed by atoms with Crippen molar-refractivity contribution in [3.05, 3.63) is 89.1 Å². The van der Waals surface area contributed by atoms with Crippen molar-refractivity contribution in [1.29, 1.82) is 0 Å². The molecule has 0 saturated carbocycles. The summed E-state index contributed by atoms with van der Waals surface area (Å²) in [7, 11) is 1.43. The molecule has 1 N–H and O–H groups in total. The van der Waals surface area contributed by atoms with Gasteiger partial charge in [0.25, 0.3) is 0 Å². The number of halogens is 3. The number of allylic oxidation sites excluding steroid dienone is 3. The van der Waals surface area contributed by atoms with Crippen LogP contribution >= 0.6 is 11.6 Å². The first-order valence-electron chi connectivity index (χ1n) is 10.9. The summed E-state index contributed by atoms with van der Waals surface area (Å²) in [6.07, 6.45) is 9.49. The summed E-state index contributed by atoms with van der Waals surface area (Å²) in [6, 6.07) is 3.97. The summed E-state index contributed by atoms with van der Waals surface area (Å²) in [6.45, 7) is 13.4. The Balaban J connectivity index is 0.00000172. The third-order valence-corrected chi connectivity index (χ3v) is 5.24. The molecule has 1 aromatic carbocycles. The van der Waals surface area contributed by atoms with Crippen LogP contribution in [0.5, 0.6) is 5.88 Å². The lowest BCUT2D eigenvalue weighted by Gasteiger charge is -2.24. The Morgan fingerprint density at radius 3 is 2.47 bits per heavy atom. The first-order valence-corrected chi connectivity index (χ1v) is 11.2. The standard InChI is InChI=1S/C25H24ClF2N5O.2CH2O/c1-6-10-29-16(4)15(3)22-13-30-21(14-33(22)7-2)23-18(27)8-9-19(24(23)28)32-20-11-17(26)12-31-25(20)34-5;2*1-2/h6-14,32H,2H2,1,3-5H3;2*1H2/b10-6-,22-15+,29-16-;;. The summed E-state index contributed by atoms with van der Waals surface area (Å²) in [5.74, 6) is -1.38. The highest BCUT2D eigenvalue weighted by atomic mass is 35.5. The average molecular weight is 544 g/mol. The van der Waals surface area contributed by atoms with Gasteiger partial charge in [-0.3, -0.25) is 9.98 Å². The van der Waals surface area contributed by atoms with Gasteiger partial charge in [-0.15, -0.1) is 0 Å². The van der Waals surface area contributed by atoms with Crippen LogP contribution in [0.1, 0.15) is 26.3 Å². The largest absolute Gasteiger partial charge is 0.480 e. The number of methoxy groups -OCH3 is 1. The van der Waals surface area contributed by atoms with Gasteiger partial charge >= 0.3 is 0 Å². The molecule has 0 bridgehead atoms. The van der Waals surface area contributed by atoms with Gasteiger partial charge in [0.05, 0.1) is 41.0 Å². The molecule has 3 rings (SSSR count). The summed E-state index contributed by atoms with van der Waals surface area (Å²) >= 11 is 6.01. The zero-order chi connectivity index (χ0) is 28.8. The van der Waals surface area contributed by atoms with Crippen LogP contribution in [0.15, 0.2) is 76.9 Å². The molecule has 2 heterocycles. The third-order valence-electron chi connectivity index (χ3n) is 5.03. The molecular weight excluding hydrogens is 516 g/mol. The number of benzene rings is 1. The number of aliphatic imine (C=N–C) groups is 2. The van der Waals surface area contributed by atoms with Crippen LogP contribution in [-0.2, 0) is 9.59 Å². The molecule has 0 spiro atoms. The Labute approximate surface area is 225 Å². The van der Waals surface area contributed by atoms with Crippen LogP contribution in [0.3, 0.4) is 0 Å². The number of nitrogens with zero attached hydrogens (tertiary/aromatic N) is 4. The van der Waals surface area contributed by atoms with E-state index < -0.39 is 11.6 Å². The van der Waals surface area contributed by atoms with Crippen molar-refractivity contribution in [2.75, 3.05) is 12.4 Å². The summed E-state index contributed by atoms with van der Waals surface area (Å²) in [4.78, 5) is 30.4. The van der Waals surface area contributed by atoms with Gasteiger partial charge in [-0.25, -0.2) is 13.8 Å². The molecule has 1 aromatic heterocycles. The van der Waals surface area contributed by atoms with E-state index in [4.69, 9.17) is 25.9 Å². The Morgan fingerprint density at radius 2 is 1.87 bits per heavy atom. The van der Waals surface area contributed by atoms with Crippen molar-refractivity contribution in [1.82, 2.24) is 9.88 Å². The highest BCUT2D eigenvalue weighted by Gasteiger charge is 2.22. The number of hydrogen-bond acceptors (Lipinski definition) is 8. The third kappa shape index (κ3) is 7.53. The van der Waals surface area contributed by atoms with Crippen molar-refractivity contribution < 1.29 is 23.1 Å². The summed E-state index contributed by atoms with van der Waals surface area (Å²) < 4.78 is 35.5. The lowest BCUT2D eigenvalue weighted by Crippen LogP contribution is -2.18. The lowest BCUT2D eigenvalue weighted by atomic mass is 10.1. The average Bonchev–Trinajstić information content (AvgIpc) is 2.95. The van der Waals surface area contributed by atoms with E-state index >= 15 is 4.39 Å². The minimum absolute atomic E-state index is 0.00636. The van der Waals surface area contributed by atoms with Crippen LogP contribution in [0, 0.1) is 11.6 Å². The SMILES string of the molecule is C=CN1C=C(c2c(F)ccc(Nc3cc(Cl)cnc3OC)c2F)N=C\C1=C(C)/C(C)=N\C=C/C.C=O.C=O. The smallest absolute Gasteiger partial charge is 0.237 e. The van der Waals surface area contributed by atoms with E-state index in [2.05, 4.69) is 26.9 Å². The molecule has 0 saturated heterocycles. The molecule has 2 aromatic rings. The topological polar surface area (TPSA) is 96.2 Å². The fourth-order valence-corrected chi connectivity index (χ4v) is 3.34. The molecular formula is C27H28ClF2N5O3. The van der Waals surface area contributed by atoms with Crippen molar-refractivity contribution in [3.8, 4) is 5.88 Å². The second-order valence-corrected chi connectivity index (χ2v) is 7.63. The summed E-state index contributed by atoms with van der Waals surface area (Å²) in [5.41, 5.74) is 2.44. The molecule has 8 nitrogen and oxygen atoms in total. The Hall–Kier alpha value is -4.44. The van der Waals surface area contributed by atoms with Crippen molar-refractivity contribution >= 4 is 54.2 Å². The number of anilines is 2. The Morgan fingerprint density at radius 1 is 1.18 bits per heavy atom. The molecule has 0 fully saturated rings. The van der Waals surface area contributed by atoms with Crippen molar-refractivity contribution in [2.24, 2.45) is 9.98 Å². The number of ether oxygens (including phenoxy) is 1. The van der Waals surface area contributed by atoms with Gasteiger partial charge in [0.15, 0.2) is 5.82 Å². The van der Waals surface area contributed by atoms with E-state index in [9.17, 15) is 4.39 Å². The quantitative estimate of drug-likeness (QED) is 0.401. The zero-order valence-electron chi connectivity index (χ0n) is 21.5. The Bertz CT molecular complexity index is 1300. The van der Waals surface area contributed by atoms with Crippen molar-refractivity contribution in [2.45, 2.75) is 20.8 Å². The maximum absolute atomic E-state index is 15.5. The Kier molecular flexibility index (Phi) is 13.0. The van der Waals surface area contributed by atoms with Crippen molar-refractivity contribution in [3.63, 3.8) is 0 Å². The van der Waals surface area contributed by atoms with Crippen LogP contribution in [0.2, 0.25) is 5.02 Å². The number of nitrogens with one attached hydrogen (secondary N) is 1. The molecule has 0 atom stereocenters. The van der Waals surface area contributed by atoms with Gasteiger partial charge in [-0.2, -0.15) is 0 Å². The van der Waals surface area contributed by atoms with E-state index in [1.54, 1.807) is 11.1 Å². The van der Waals surface area contributed by atoms with Crippen LogP contribution in [0.4, 0.5) is 20.2 Å². The van der Waals surface area contributed by atoms with Gasteiger partial charge in [0.2, 0.25) is 5.88 Å². The minimum Gasteiger partial charge on any atom is -0.480 e. The molecule has 0 unspecified atom stereocenters. The van der Waals surface area contributed by atoms with Gasteiger partial charge < -0.3 is 24.5 Å². The number of aromatic nitrogens is 1. The highest BCUT2D eigenvalue weighted by molar-refractivity contribution is 6.30. The molecule has 0 radical (unpaired) electrons. The molecule has 200 valence electrons. The minimum atomic E-state index is -0.829. The predicted octanol–water partition coefficient (Wildman–Crippen LogP) is 6.49. The lowest BCUT2D eigenvalue weighted by molar-refractivity contribution is -0.0987. The highest BCUT2D eigenvalue weighted by Crippen LogP contribution is 2.34. The van der Waals surface area contributed by atoms with Gasteiger partial charge in [-0.05, 0) is 44.5 Å². The second-order valence-electron chi connectivity index (χ2n) is 7.19. The molecule has 11 heteroatoms. The second kappa shape index (κ2) is 15.6. The fourth-order valence-electron chi connectivity index (χ4n) is 3.18. The zero-order valence-corrected chi connectivity index (χ0v) is 22.2. The van der Waals surface area contributed by atoms with Gasteiger partial charge in [-0.1, -0.05) is 24.3 Å². The van der Waals surface area contributed by atoms with E-state index in [0.29, 0.717) is 16.4 Å². The molecule has 0 amide bonds. The molecule has 1 aliphatic heterocycles. The molecule has 0 aliphatic carbocycles. The van der Waals surface area contributed by atoms with E-state index in [-0.39, 0.29) is 22.8 Å². The van der Waals surface area contributed by atoms with E-state index in [0.717, 1.165) is 17.4 Å². The van der Waals surface area contributed by atoms with Gasteiger partial charge in [0, 0.05) is 30.5 Å². The maximum atomic E-state index is 15.5. The first kappa shape index (κ1) is 31.6. The van der Waals surface area contributed by atoms with Crippen LogP contribution < -0.4 is 10.1 Å². The number of carbonyl (C=O) groups excluding carboxylic acids is 2. The number of carbonyl (C=O) groups is 2. The monoisotopic (exact) mass is 543 g/mol. The van der Waals surface area contributed by atoms with Crippen LogP contribution in [0.25, 0.3) is 5.70 Å². The predicted molar refractivity (Wildman–Crippen MR) is 149 cm³/mol. The maximum Gasteiger partial charge on any atom is 0.237 e. The molecule has 38 heavy (non-hydrogen) atoms. The first-order chi connectivity index (χ1) is 18.3. The molecule has 1 aliphatic rings. The van der Waals surface area contributed by atoms with Crippen LogP contribution in [-0.4, -0.2) is 42.5 Å². The van der Waals surface area contributed by atoms with E-state index in [1.165, 1.54) is 44.1 Å². The number of hydrogen-bond donors (Lipinski definition) is 1. The number of pyridine rings is 1. The van der Waals surface area contributed by atoms with Gasteiger partial charge in [0.1, 0.15) is 25.1 Å². The normalized spacial score (nSPS) is 14.0. The van der Waals surface area contributed by atoms with E-state index in [1.807, 2.05) is 40.4 Å². The number of rotatable bonds is 7. The summed E-state index contributed by atoms with van der Waals surface area (Å²) in [5, 5.41) is 3.20. The fraction of sp³-hybridized carbons (Fsp3) is 0.148.